The summed E-state index contributed by atoms with van der Waals surface area (Å²) >= 11 is 8.92. The Morgan fingerprint density at radius 1 is 1.21 bits per heavy atom. The van der Waals surface area contributed by atoms with Crippen LogP contribution in [0.15, 0.2) is 46.3 Å². The van der Waals surface area contributed by atoms with Crippen molar-refractivity contribution in [3.8, 4) is 22.0 Å². The number of thiazole rings is 1. The van der Waals surface area contributed by atoms with Gasteiger partial charge >= 0.3 is 0 Å². The summed E-state index contributed by atoms with van der Waals surface area (Å²) < 4.78 is 5.22. The molecule has 0 aliphatic rings. The number of hydrogen-bond donors (Lipinski definition) is 1. The highest BCUT2D eigenvalue weighted by Crippen LogP contribution is 2.31. The number of carbonyl (C=O) groups is 1. The second-order valence-corrected chi connectivity index (χ2v) is 8.56. The maximum atomic E-state index is 12.3. The van der Waals surface area contributed by atoms with Gasteiger partial charge in [0.15, 0.2) is 5.13 Å². The number of rotatable bonds is 6. The lowest BCUT2D eigenvalue weighted by Gasteiger charge is -2.00. The zero-order chi connectivity index (χ0) is 19.5. The van der Waals surface area contributed by atoms with E-state index in [1.165, 1.54) is 22.7 Å². The summed E-state index contributed by atoms with van der Waals surface area (Å²) in [6.07, 6.45) is 0.611. The molecule has 3 aromatic heterocycles. The van der Waals surface area contributed by atoms with Crippen molar-refractivity contribution in [2.75, 3.05) is 5.32 Å². The number of carbonyl (C=O) groups excluding carboxylic acids is 1. The van der Waals surface area contributed by atoms with E-state index in [4.69, 9.17) is 16.1 Å². The van der Waals surface area contributed by atoms with Crippen molar-refractivity contribution in [2.45, 2.75) is 19.8 Å². The number of aromatic nitrogens is 3. The van der Waals surface area contributed by atoms with Crippen molar-refractivity contribution in [1.29, 1.82) is 0 Å². The van der Waals surface area contributed by atoms with Crippen LogP contribution in [0.25, 0.3) is 22.0 Å². The molecule has 28 heavy (non-hydrogen) atoms. The van der Waals surface area contributed by atoms with Crippen LogP contribution < -0.4 is 5.32 Å². The van der Waals surface area contributed by atoms with Crippen LogP contribution in [0.5, 0.6) is 0 Å². The minimum Gasteiger partial charge on any atom is -0.339 e. The highest BCUT2D eigenvalue weighted by Gasteiger charge is 2.14. The Hall–Kier alpha value is -2.55. The molecule has 0 bridgehead atoms. The molecule has 1 aromatic carbocycles. The standard InChI is InChI=1S/C19H15ClN4O2S2/c1-11-17(12-4-6-13(20)7-5-12)23-19(28-11)21-15(25)8-9-16-22-18(24-26-16)14-3-2-10-27-14/h2-7,10H,8-9H2,1H3,(H,21,23,25). The zero-order valence-electron chi connectivity index (χ0n) is 14.8. The number of hydrogen-bond acceptors (Lipinski definition) is 7. The molecular formula is C19H15ClN4O2S2. The number of aryl methyl sites for hydroxylation is 2. The molecule has 1 N–H and O–H groups in total. The van der Waals surface area contributed by atoms with Gasteiger partial charge in [-0.2, -0.15) is 4.98 Å². The third-order valence-electron chi connectivity index (χ3n) is 3.94. The fraction of sp³-hybridized carbons (Fsp3) is 0.158. The van der Waals surface area contributed by atoms with E-state index in [1.54, 1.807) is 0 Å². The quantitative estimate of drug-likeness (QED) is 0.439. The van der Waals surface area contributed by atoms with Gasteiger partial charge in [0.1, 0.15) is 0 Å². The Labute approximate surface area is 174 Å². The first kappa shape index (κ1) is 18.8. The first-order valence-electron chi connectivity index (χ1n) is 8.48. The van der Waals surface area contributed by atoms with Gasteiger partial charge in [-0.25, -0.2) is 4.98 Å². The summed E-state index contributed by atoms with van der Waals surface area (Å²) in [6, 6.07) is 11.3. The van der Waals surface area contributed by atoms with Crippen LogP contribution in [0.4, 0.5) is 5.13 Å². The lowest BCUT2D eigenvalue weighted by atomic mass is 10.1. The lowest BCUT2D eigenvalue weighted by molar-refractivity contribution is -0.116. The SMILES string of the molecule is Cc1sc(NC(=O)CCc2nc(-c3cccs3)no2)nc1-c1ccc(Cl)cc1. The van der Waals surface area contributed by atoms with Crippen molar-refractivity contribution in [3.05, 3.63) is 57.6 Å². The third-order valence-corrected chi connectivity index (χ3v) is 5.94. The summed E-state index contributed by atoms with van der Waals surface area (Å²) in [5, 5.41) is 9.98. The first-order valence-corrected chi connectivity index (χ1v) is 10.6. The van der Waals surface area contributed by atoms with Crippen molar-refractivity contribution in [1.82, 2.24) is 15.1 Å². The van der Waals surface area contributed by atoms with Gasteiger partial charge in [-0.15, -0.1) is 22.7 Å². The molecule has 0 atom stereocenters. The monoisotopic (exact) mass is 430 g/mol. The van der Waals surface area contributed by atoms with E-state index < -0.39 is 0 Å². The number of nitrogens with zero attached hydrogens (tertiary/aromatic N) is 3. The van der Waals surface area contributed by atoms with E-state index in [2.05, 4.69) is 20.4 Å². The van der Waals surface area contributed by atoms with E-state index in [-0.39, 0.29) is 12.3 Å². The van der Waals surface area contributed by atoms with Crippen molar-refractivity contribution >= 4 is 45.3 Å². The molecule has 142 valence electrons. The van der Waals surface area contributed by atoms with Crippen molar-refractivity contribution < 1.29 is 9.32 Å². The van der Waals surface area contributed by atoms with Gasteiger partial charge < -0.3 is 9.84 Å². The van der Waals surface area contributed by atoms with Gasteiger partial charge in [0.25, 0.3) is 0 Å². The van der Waals surface area contributed by atoms with E-state index in [0.29, 0.717) is 28.3 Å². The van der Waals surface area contributed by atoms with Crippen molar-refractivity contribution in [2.24, 2.45) is 0 Å². The molecule has 4 rings (SSSR count). The van der Waals surface area contributed by atoms with E-state index in [0.717, 1.165) is 21.0 Å². The highest BCUT2D eigenvalue weighted by atomic mass is 35.5. The number of anilines is 1. The highest BCUT2D eigenvalue weighted by molar-refractivity contribution is 7.16. The Morgan fingerprint density at radius 2 is 2.04 bits per heavy atom. The Kier molecular flexibility index (Phi) is 5.52. The maximum Gasteiger partial charge on any atom is 0.227 e. The third kappa shape index (κ3) is 4.30. The molecule has 0 radical (unpaired) electrons. The molecule has 0 saturated heterocycles. The molecule has 0 spiro atoms. The normalized spacial score (nSPS) is 10.9. The fourth-order valence-corrected chi connectivity index (χ4v) is 4.22. The summed E-state index contributed by atoms with van der Waals surface area (Å²) in [5.41, 5.74) is 1.81. The zero-order valence-corrected chi connectivity index (χ0v) is 17.2. The second kappa shape index (κ2) is 8.22. The number of benzene rings is 1. The molecule has 0 aliphatic carbocycles. The lowest BCUT2D eigenvalue weighted by Crippen LogP contribution is -2.12. The molecule has 0 saturated carbocycles. The number of nitrogens with one attached hydrogen (secondary N) is 1. The van der Waals surface area contributed by atoms with Gasteiger partial charge in [0.2, 0.25) is 17.6 Å². The first-order chi connectivity index (χ1) is 13.6. The van der Waals surface area contributed by atoms with Gasteiger partial charge in [-0.3, -0.25) is 4.79 Å². The van der Waals surface area contributed by atoms with Crippen LogP contribution >= 0.6 is 34.3 Å². The van der Waals surface area contributed by atoms with Crippen molar-refractivity contribution in [3.63, 3.8) is 0 Å². The van der Waals surface area contributed by atoms with Gasteiger partial charge in [-0.1, -0.05) is 35.0 Å². The summed E-state index contributed by atoms with van der Waals surface area (Å²) in [5.74, 6) is 0.844. The number of amides is 1. The smallest absolute Gasteiger partial charge is 0.227 e. The summed E-state index contributed by atoms with van der Waals surface area (Å²) in [7, 11) is 0. The summed E-state index contributed by atoms with van der Waals surface area (Å²) in [4.78, 5) is 23.1. The van der Waals surface area contributed by atoms with Gasteiger partial charge in [-0.05, 0) is 30.5 Å². The molecule has 0 fully saturated rings. The molecule has 9 heteroatoms. The van der Waals surface area contributed by atoms with Crippen LogP contribution in [0.1, 0.15) is 17.2 Å². The Balaban J connectivity index is 1.36. The van der Waals surface area contributed by atoms with E-state index >= 15 is 0 Å². The van der Waals surface area contributed by atoms with Crippen LogP contribution in [-0.2, 0) is 11.2 Å². The summed E-state index contributed by atoms with van der Waals surface area (Å²) in [6.45, 7) is 1.97. The second-order valence-electron chi connectivity index (χ2n) is 5.97. The Bertz CT molecular complexity index is 1090. The Morgan fingerprint density at radius 3 is 2.79 bits per heavy atom. The van der Waals surface area contributed by atoms with Gasteiger partial charge in [0.05, 0.1) is 10.6 Å². The topological polar surface area (TPSA) is 80.9 Å². The predicted molar refractivity (Wildman–Crippen MR) is 112 cm³/mol. The minimum atomic E-state index is -0.146. The molecule has 3 heterocycles. The molecule has 6 nitrogen and oxygen atoms in total. The molecule has 4 aromatic rings. The maximum absolute atomic E-state index is 12.3. The molecular weight excluding hydrogens is 416 g/mol. The van der Waals surface area contributed by atoms with Crippen LogP contribution in [0.3, 0.4) is 0 Å². The van der Waals surface area contributed by atoms with E-state index in [1.807, 2.05) is 48.7 Å². The molecule has 0 unspecified atom stereocenters. The average molecular weight is 431 g/mol. The van der Waals surface area contributed by atoms with Crippen LogP contribution in [0.2, 0.25) is 5.02 Å². The fourth-order valence-electron chi connectivity index (χ4n) is 2.59. The molecule has 0 aliphatic heterocycles. The average Bonchev–Trinajstić information content (AvgIpc) is 3.41. The minimum absolute atomic E-state index is 0.146. The molecule has 1 amide bonds. The van der Waals surface area contributed by atoms with Gasteiger partial charge in [0, 0.05) is 28.3 Å². The number of halogens is 1. The number of thiophene rings is 1. The van der Waals surface area contributed by atoms with E-state index in [9.17, 15) is 4.79 Å². The predicted octanol–water partition coefficient (Wildman–Crippen LogP) is 5.45. The largest absolute Gasteiger partial charge is 0.339 e. The van der Waals surface area contributed by atoms with Crippen LogP contribution in [-0.4, -0.2) is 21.0 Å². The van der Waals surface area contributed by atoms with Crippen LogP contribution in [0, 0.1) is 6.92 Å².